The molecule has 0 radical (unpaired) electrons. The van der Waals surface area contributed by atoms with Crippen molar-refractivity contribution in [1.82, 2.24) is 15.0 Å². The Kier molecular flexibility index (Phi) is 4.59. The number of aliphatic carboxylic acids is 1. The first kappa shape index (κ1) is 16.2. The van der Waals surface area contributed by atoms with Crippen LogP contribution < -0.4 is 0 Å². The molecule has 1 N–H and O–H groups in total. The lowest BCUT2D eigenvalue weighted by Gasteiger charge is -2.34. The van der Waals surface area contributed by atoms with Crippen LogP contribution in [0.3, 0.4) is 0 Å². The lowest BCUT2D eigenvalue weighted by molar-refractivity contribution is -0.151. The van der Waals surface area contributed by atoms with Crippen LogP contribution in [-0.4, -0.2) is 38.6 Å². The summed E-state index contributed by atoms with van der Waals surface area (Å²) in [5, 5.41) is 13.3. The van der Waals surface area contributed by atoms with E-state index in [4.69, 9.17) is 4.52 Å². The number of nitrogens with zero attached hydrogens (tertiary/aromatic N) is 3. The second kappa shape index (κ2) is 6.82. The zero-order chi connectivity index (χ0) is 17.1. The second-order valence-electron chi connectivity index (χ2n) is 5.87. The highest BCUT2D eigenvalue weighted by atomic mass is 16.5. The number of aryl methyl sites for hydroxylation is 2. The van der Waals surface area contributed by atoms with Gasteiger partial charge in [-0.3, -0.25) is 4.79 Å². The van der Waals surface area contributed by atoms with Crippen LogP contribution in [0.5, 0.6) is 0 Å². The normalized spacial score (nSPS) is 16.7. The molecule has 0 fully saturated rings. The van der Waals surface area contributed by atoms with E-state index >= 15 is 0 Å². The van der Waals surface area contributed by atoms with Gasteiger partial charge in [-0.25, -0.2) is 4.79 Å². The summed E-state index contributed by atoms with van der Waals surface area (Å²) >= 11 is 0. The fraction of sp³-hybridized carbons (Fsp3) is 0.412. The van der Waals surface area contributed by atoms with Crippen LogP contribution in [0.4, 0.5) is 0 Å². The van der Waals surface area contributed by atoms with Gasteiger partial charge in [0.15, 0.2) is 11.9 Å². The highest BCUT2D eigenvalue weighted by Crippen LogP contribution is 2.30. The Morgan fingerprint density at radius 1 is 1.38 bits per heavy atom. The molecular formula is C17H19N3O4. The van der Waals surface area contributed by atoms with Crippen molar-refractivity contribution in [1.29, 1.82) is 0 Å². The first-order chi connectivity index (χ1) is 11.6. The van der Waals surface area contributed by atoms with Crippen molar-refractivity contribution >= 4 is 11.9 Å². The van der Waals surface area contributed by atoms with Crippen molar-refractivity contribution in [2.24, 2.45) is 0 Å². The summed E-state index contributed by atoms with van der Waals surface area (Å²) in [6.45, 7) is 2.16. The zero-order valence-corrected chi connectivity index (χ0v) is 13.4. The monoisotopic (exact) mass is 329 g/mol. The molecule has 1 aromatic heterocycles. The van der Waals surface area contributed by atoms with E-state index < -0.39 is 12.0 Å². The van der Waals surface area contributed by atoms with Crippen LogP contribution in [0.2, 0.25) is 0 Å². The standard InChI is InChI=1S/C17H19N3O4/c1-11-18-14(24-19-11)7-4-8-15(21)20-10-9-12-5-2-3-6-13(12)16(20)17(22)23/h2-3,5-6,16H,4,7-10H2,1H3,(H,22,23). The molecule has 1 atom stereocenters. The molecule has 1 aliphatic rings. The van der Waals surface area contributed by atoms with Gasteiger partial charge in [0, 0.05) is 19.4 Å². The smallest absolute Gasteiger partial charge is 0.331 e. The van der Waals surface area contributed by atoms with Gasteiger partial charge >= 0.3 is 5.97 Å². The Morgan fingerprint density at radius 3 is 2.88 bits per heavy atom. The molecule has 2 aromatic rings. The Bertz CT molecular complexity index is 756. The van der Waals surface area contributed by atoms with E-state index in [1.54, 1.807) is 19.1 Å². The minimum atomic E-state index is -0.997. The summed E-state index contributed by atoms with van der Waals surface area (Å²) < 4.78 is 5.02. The maximum atomic E-state index is 12.5. The van der Waals surface area contributed by atoms with Crippen molar-refractivity contribution in [2.45, 2.75) is 38.6 Å². The fourth-order valence-corrected chi connectivity index (χ4v) is 3.08. The van der Waals surface area contributed by atoms with Gasteiger partial charge in [0.1, 0.15) is 0 Å². The molecule has 1 amide bonds. The number of hydrogen-bond acceptors (Lipinski definition) is 5. The van der Waals surface area contributed by atoms with Crippen molar-refractivity contribution in [3.05, 3.63) is 47.1 Å². The van der Waals surface area contributed by atoms with Crippen LogP contribution >= 0.6 is 0 Å². The Morgan fingerprint density at radius 2 is 2.17 bits per heavy atom. The van der Waals surface area contributed by atoms with Crippen LogP contribution in [0.15, 0.2) is 28.8 Å². The third kappa shape index (κ3) is 3.29. The number of hydrogen-bond donors (Lipinski definition) is 1. The van der Waals surface area contributed by atoms with Crippen molar-refractivity contribution < 1.29 is 19.2 Å². The van der Waals surface area contributed by atoms with E-state index in [9.17, 15) is 14.7 Å². The third-order valence-corrected chi connectivity index (χ3v) is 4.19. The Hall–Kier alpha value is -2.70. The number of aromatic nitrogens is 2. The predicted molar refractivity (Wildman–Crippen MR) is 84.2 cm³/mol. The summed E-state index contributed by atoms with van der Waals surface area (Å²) in [6, 6.07) is 6.50. The molecule has 1 unspecified atom stereocenters. The largest absolute Gasteiger partial charge is 0.479 e. The number of carbonyl (C=O) groups excluding carboxylic acids is 1. The highest BCUT2D eigenvalue weighted by molar-refractivity contribution is 5.85. The van der Waals surface area contributed by atoms with Gasteiger partial charge in [-0.05, 0) is 30.9 Å². The summed E-state index contributed by atoms with van der Waals surface area (Å²) in [6.07, 6.45) is 1.99. The summed E-state index contributed by atoms with van der Waals surface area (Å²) in [4.78, 5) is 29.8. The number of carboxylic acid groups (broad SMARTS) is 1. The lowest BCUT2D eigenvalue weighted by atomic mass is 9.92. The van der Waals surface area contributed by atoms with Gasteiger partial charge in [-0.15, -0.1) is 0 Å². The van der Waals surface area contributed by atoms with E-state index in [0.717, 1.165) is 5.56 Å². The van der Waals surface area contributed by atoms with Crippen LogP contribution in [0, 0.1) is 6.92 Å². The maximum Gasteiger partial charge on any atom is 0.331 e. The molecule has 126 valence electrons. The molecule has 24 heavy (non-hydrogen) atoms. The van der Waals surface area contributed by atoms with E-state index in [1.807, 2.05) is 12.1 Å². The summed E-state index contributed by atoms with van der Waals surface area (Å²) in [5.41, 5.74) is 1.70. The van der Waals surface area contributed by atoms with Crippen LogP contribution in [-0.2, 0) is 22.4 Å². The number of benzene rings is 1. The van der Waals surface area contributed by atoms with Gasteiger partial charge < -0.3 is 14.5 Å². The Balaban J connectivity index is 1.66. The van der Waals surface area contributed by atoms with Gasteiger partial charge in [-0.1, -0.05) is 29.4 Å². The first-order valence-electron chi connectivity index (χ1n) is 7.95. The predicted octanol–water partition coefficient (Wildman–Crippen LogP) is 1.91. The van der Waals surface area contributed by atoms with Crippen LogP contribution in [0.25, 0.3) is 0 Å². The van der Waals surface area contributed by atoms with Crippen molar-refractivity contribution in [3.8, 4) is 0 Å². The summed E-state index contributed by atoms with van der Waals surface area (Å²) in [7, 11) is 0. The molecule has 1 aromatic carbocycles. The molecule has 0 saturated heterocycles. The fourth-order valence-electron chi connectivity index (χ4n) is 3.08. The number of carboxylic acids is 1. The number of rotatable bonds is 5. The lowest BCUT2D eigenvalue weighted by Crippen LogP contribution is -2.43. The molecule has 1 aliphatic heterocycles. The van der Waals surface area contributed by atoms with E-state index in [0.29, 0.717) is 43.1 Å². The van der Waals surface area contributed by atoms with E-state index in [2.05, 4.69) is 10.1 Å². The van der Waals surface area contributed by atoms with Crippen molar-refractivity contribution in [2.75, 3.05) is 6.54 Å². The maximum absolute atomic E-state index is 12.5. The Labute approximate surface area is 139 Å². The minimum Gasteiger partial charge on any atom is -0.479 e. The van der Waals surface area contributed by atoms with Gasteiger partial charge in [-0.2, -0.15) is 4.98 Å². The molecule has 0 spiro atoms. The van der Waals surface area contributed by atoms with E-state index in [-0.39, 0.29) is 12.3 Å². The van der Waals surface area contributed by atoms with E-state index in [1.165, 1.54) is 4.90 Å². The van der Waals surface area contributed by atoms with Gasteiger partial charge in [0.25, 0.3) is 0 Å². The molecule has 7 nitrogen and oxygen atoms in total. The van der Waals surface area contributed by atoms with Crippen molar-refractivity contribution in [3.63, 3.8) is 0 Å². The SMILES string of the molecule is Cc1noc(CCCC(=O)N2CCc3ccccc3C2C(=O)O)n1. The van der Waals surface area contributed by atoms with Gasteiger partial charge in [0.05, 0.1) is 0 Å². The average molecular weight is 329 g/mol. The molecule has 2 heterocycles. The average Bonchev–Trinajstić information content (AvgIpc) is 2.98. The third-order valence-electron chi connectivity index (χ3n) is 4.19. The molecule has 0 aliphatic carbocycles. The number of amides is 1. The molecule has 0 bridgehead atoms. The first-order valence-corrected chi connectivity index (χ1v) is 7.95. The summed E-state index contributed by atoms with van der Waals surface area (Å²) in [5.74, 6) is -0.0925. The zero-order valence-electron chi connectivity index (χ0n) is 13.4. The quantitative estimate of drug-likeness (QED) is 0.900. The number of carbonyl (C=O) groups is 2. The molecule has 0 saturated carbocycles. The topological polar surface area (TPSA) is 96.5 Å². The molecule has 3 rings (SSSR count). The van der Waals surface area contributed by atoms with Gasteiger partial charge in [0.2, 0.25) is 11.8 Å². The minimum absolute atomic E-state index is 0.159. The van der Waals surface area contributed by atoms with Crippen LogP contribution in [0.1, 0.15) is 41.7 Å². The highest BCUT2D eigenvalue weighted by Gasteiger charge is 2.35. The molecule has 7 heteroatoms. The molecular weight excluding hydrogens is 310 g/mol. The number of fused-ring (bicyclic) bond motifs is 1. The second-order valence-corrected chi connectivity index (χ2v) is 5.87.